The van der Waals surface area contributed by atoms with E-state index in [2.05, 4.69) is 71.4 Å². The molecule has 0 spiro atoms. The second kappa shape index (κ2) is 5.22. The lowest BCUT2D eigenvalue weighted by Gasteiger charge is -2.25. The summed E-state index contributed by atoms with van der Waals surface area (Å²) in [4.78, 5) is 0. The van der Waals surface area contributed by atoms with Crippen molar-refractivity contribution >= 4 is 32.3 Å². The molecular formula is C19H14NSi. The molecule has 0 N–H and O–H groups in total. The average Bonchev–Trinajstić information content (AvgIpc) is 2.55. The molecule has 0 aromatic heterocycles. The maximum Gasteiger partial charge on any atom is 0.196 e. The van der Waals surface area contributed by atoms with Crippen molar-refractivity contribution in [3.8, 4) is 0 Å². The largest absolute Gasteiger partial charge is 0.302 e. The topological polar surface area (TPSA) is 12.4 Å². The molecule has 2 aromatic rings. The average molecular weight is 284 g/mol. The van der Waals surface area contributed by atoms with Crippen LogP contribution in [0.1, 0.15) is 16.7 Å². The molecule has 1 aliphatic carbocycles. The summed E-state index contributed by atoms with van der Waals surface area (Å²) in [5.74, 6) is 0. The fourth-order valence-electron chi connectivity index (χ4n) is 2.91. The van der Waals surface area contributed by atoms with Crippen LogP contribution in [0.5, 0.6) is 0 Å². The third kappa shape index (κ3) is 2.28. The lowest BCUT2D eigenvalue weighted by atomic mass is 9.83. The van der Waals surface area contributed by atoms with E-state index < -0.39 is 0 Å². The SMILES string of the molecule is C1=N[Si]=C2C(=C1)Cc1ccccc1C2=Cc1ccccc1. The maximum atomic E-state index is 4.47. The van der Waals surface area contributed by atoms with E-state index in [0.717, 1.165) is 6.42 Å². The Kier molecular flexibility index (Phi) is 3.09. The number of allylic oxidation sites excluding steroid dienone is 3. The normalized spacial score (nSPS) is 17.8. The van der Waals surface area contributed by atoms with E-state index in [0.29, 0.717) is 9.29 Å². The second-order valence-corrected chi connectivity index (χ2v) is 6.24. The zero-order valence-electron chi connectivity index (χ0n) is 11.6. The van der Waals surface area contributed by atoms with Crippen molar-refractivity contribution in [2.24, 2.45) is 4.66 Å². The van der Waals surface area contributed by atoms with E-state index in [1.54, 1.807) is 0 Å². The minimum atomic E-state index is 0.525. The Bertz CT molecular complexity index is 810. The van der Waals surface area contributed by atoms with E-state index in [-0.39, 0.29) is 0 Å². The summed E-state index contributed by atoms with van der Waals surface area (Å²) in [6.45, 7) is 0. The first-order chi connectivity index (χ1) is 10.4. The molecule has 1 heterocycles. The van der Waals surface area contributed by atoms with Gasteiger partial charge in [0.2, 0.25) is 0 Å². The molecule has 99 valence electrons. The molecule has 1 radical (unpaired) electrons. The van der Waals surface area contributed by atoms with Crippen LogP contribution in [0, 0.1) is 0 Å². The van der Waals surface area contributed by atoms with Crippen LogP contribution in [-0.4, -0.2) is 20.7 Å². The third-order valence-electron chi connectivity index (χ3n) is 3.92. The zero-order valence-corrected chi connectivity index (χ0v) is 12.6. The Labute approximate surface area is 126 Å². The molecule has 0 saturated carbocycles. The van der Waals surface area contributed by atoms with Crippen molar-refractivity contribution in [2.75, 3.05) is 0 Å². The molecule has 4 rings (SSSR count). The summed E-state index contributed by atoms with van der Waals surface area (Å²) in [6.07, 6.45) is 7.44. The van der Waals surface area contributed by atoms with Gasteiger partial charge in [-0.2, -0.15) is 0 Å². The molecule has 1 nitrogen and oxygen atoms in total. The summed E-state index contributed by atoms with van der Waals surface area (Å²) in [7, 11) is 0.525. The lowest BCUT2D eigenvalue weighted by Crippen LogP contribution is -2.20. The monoisotopic (exact) mass is 284 g/mol. The Morgan fingerprint density at radius 3 is 2.67 bits per heavy atom. The van der Waals surface area contributed by atoms with Gasteiger partial charge < -0.3 is 4.66 Å². The molecule has 0 fully saturated rings. The van der Waals surface area contributed by atoms with Crippen LogP contribution >= 0.6 is 0 Å². The Morgan fingerprint density at radius 1 is 0.952 bits per heavy atom. The van der Waals surface area contributed by atoms with Crippen LogP contribution in [0.4, 0.5) is 0 Å². The van der Waals surface area contributed by atoms with Crippen LogP contribution in [-0.2, 0) is 6.42 Å². The van der Waals surface area contributed by atoms with Crippen molar-refractivity contribution in [2.45, 2.75) is 6.42 Å². The quantitative estimate of drug-likeness (QED) is 0.710. The Hall–Kier alpha value is -2.32. The molecule has 0 amide bonds. The van der Waals surface area contributed by atoms with Crippen LogP contribution in [0.15, 0.2) is 70.9 Å². The Balaban J connectivity index is 1.94. The first-order valence-corrected chi connectivity index (χ1v) is 8.07. The van der Waals surface area contributed by atoms with Gasteiger partial charge in [0, 0.05) is 6.21 Å². The van der Waals surface area contributed by atoms with E-state index in [1.165, 1.54) is 33.0 Å². The predicted octanol–water partition coefficient (Wildman–Crippen LogP) is 3.59. The van der Waals surface area contributed by atoms with Gasteiger partial charge in [0.15, 0.2) is 9.29 Å². The fourth-order valence-corrected chi connectivity index (χ4v) is 3.83. The molecule has 0 unspecified atom stereocenters. The van der Waals surface area contributed by atoms with Gasteiger partial charge in [-0.25, -0.2) is 0 Å². The number of nitrogens with zero attached hydrogens (tertiary/aromatic N) is 1. The minimum absolute atomic E-state index is 0.525. The van der Waals surface area contributed by atoms with Crippen molar-refractivity contribution in [1.29, 1.82) is 0 Å². The molecular weight excluding hydrogens is 270 g/mol. The smallest absolute Gasteiger partial charge is 0.196 e. The lowest BCUT2D eigenvalue weighted by molar-refractivity contribution is 1.20. The van der Waals surface area contributed by atoms with Gasteiger partial charge in [-0.1, -0.05) is 54.6 Å². The molecule has 0 saturated heterocycles. The van der Waals surface area contributed by atoms with Crippen molar-refractivity contribution in [1.82, 2.24) is 0 Å². The first-order valence-electron chi connectivity index (χ1n) is 7.13. The maximum absolute atomic E-state index is 4.47. The van der Waals surface area contributed by atoms with Gasteiger partial charge in [0.05, 0.1) is 0 Å². The van der Waals surface area contributed by atoms with Crippen molar-refractivity contribution in [3.63, 3.8) is 0 Å². The number of rotatable bonds is 1. The predicted molar refractivity (Wildman–Crippen MR) is 91.8 cm³/mol. The highest BCUT2D eigenvalue weighted by Gasteiger charge is 2.22. The van der Waals surface area contributed by atoms with Crippen LogP contribution < -0.4 is 0 Å². The van der Waals surface area contributed by atoms with Crippen LogP contribution in [0.2, 0.25) is 0 Å². The van der Waals surface area contributed by atoms with E-state index in [1.807, 2.05) is 6.21 Å². The van der Waals surface area contributed by atoms with E-state index in [4.69, 9.17) is 0 Å². The highest BCUT2D eigenvalue weighted by Crippen LogP contribution is 2.33. The fraction of sp³-hybridized carbons (Fsp3) is 0.0526. The molecule has 2 aliphatic rings. The molecule has 2 heteroatoms. The van der Waals surface area contributed by atoms with Gasteiger partial charge in [0.25, 0.3) is 0 Å². The number of hydrogen-bond donors (Lipinski definition) is 0. The van der Waals surface area contributed by atoms with Gasteiger partial charge in [-0.3, -0.25) is 0 Å². The zero-order chi connectivity index (χ0) is 14.1. The van der Waals surface area contributed by atoms with E-state index in [9.17, 15) is 0 Å². The van der Waals surface area contributed by atoms with Crippen molar-refractivity contribution < 1.29 is 0 Å². The highest BCUT2D eigenvalue weighted by molar-refractivity contribution is 6.70. The minimum Gasteiger partial charge on any atom is -0.302 e. The summed E-state index contributed by atoms with van der Waals surface area (Å²) in [5.41, 5.74) is 6.77. The molecule has 0 atom stereocenters. The van der Waals surface area contributed by atoms with Gasteiger partial charge in [0.1, 0.15) is 0 Å². The standard InChI is InChI=1S/C19H14NSi/c1-2-6-14(7-3-1)12-18-17-9-5-4-8-15(17)13-16-10-11-20-21-19(16)18/h1-12H,13H2. The number of benzene rings is 2. The number of fused-ring (bicyclic) bond motifs is 2. The Morgan fingerprint density at radius 2 is 1.76 bits per heavy atom. The summed E-state index contributed by atoms with van der Waals surface area (Å²) < 4.78 is 4.47. The number of hydrogen-bond acceptors (Lipinski definition) is 1. The summed E-state index contributed by atoms with van der Waals surface area (Å²) in [5, 5.41) is 1.40. The molecule has 0 bridgehead atoms. The van der Waals surface area contributed by atoms with Gasteiger partial charge >= 0.3 is 0 Å². The third-order valence-corrected chi connectivity index (χ3v) is 5.01. The van der Waals surface area contributed by atoms with Gasteiger partial charge in [-0.05, 0) is 51.6 Å². The molecule has 1 aliphatic heterocycles. The highest BCUT2D eigenvalue weighted by atomic mass is 28.2. The van der Waals surface area contributed by atoms with Crippen LogP contribution in [0.3, 0.4) is 0 Å². The molecule has 2 aromatic carbocycles. The van der Waals surface area contributed by atoms with Crippen molar-refractivity contribution in [3.05, 3.63) is 82.9 Å². The molecule has 21 heavy (non-hydrogen) atoms. The van der Waals surface area contributed by atoms with Crippen LogP contribution in [0.25, 0.3) is 11.6 Å². The first kappa shape index (κ1) is 12.4. The van der Waals surface area contributed by atoms with Gasteiger partial charge in [-0.15, -0.1) is 0 Å². The summed E-state index contributed by atoms with van der Waals surface area (Å²) >= 11 is 0. The second-order valence-electron chi connectivity index (χ2n) is 5.26. The summed E-state index contributed by atoms with van der Waals surface area (Å²) in [6, 6.07) is 19.3. The van der Waals surface area contributed by atoms with E-state index >= 15 is 0 Å².